The lowest BCUT2D eigenvalue weighted by atomic mass is 10.2. The molecule has 0 atom stereocenters. The predicted octanol–water partition coefficient (Wildman–Crippen LogP) is 1.93. The molecule has 9 heteroatoms. The monoisotopic (exact) mass is 334 g/mol. The lowest BCUT2D eigenvalue weighted by Gasteiger charge is -2.11. The van der Waals surface area contributed by atoms with Gasteiger partial charge in [0.05, 0.1) is 48.1 Å². The highest BCUT2D eigenvalue weighted by Gasteiger charge is 2.27. The fourth-order valence-corrected chi connectivity index (χ4v) is 2.28. The molecule has 0 saturated heterocycles. The van der Waals surface area contributed by atoms with E-state index in [4.69, 9.17) is 0 Å². The summed E-state index contributed by atoms with van der Waals surface area (Å²) >= 11 is 0. The molecule has 9 nitrogen and oxygen atoms in total. The summed E-state index contributed by atoms with van der Waals surface area (Å²) in [6.45, 7) is 0. The first-order valence-electron chi connectivity index (χ1n) is 7.76. The molecule has 1 saturated carbocycles. The number of carbonyl (C=O) groups is 1. The molecule has 25 heavy (non-hydrogen) atoms. The summed E-state index contributed by atoms with van der Waals surface area (Å²) in [5.74, 6) is 0.358. The summed E-state index contributed by atoms with van der Waals surface area (Å²) < 4.78 is 0. The largest absolute Gasteiger partial charge is 0.336 e. The maximum atomic E-state index is 12.7. The number of aromatic nitrogens is 6. The van der Waals surface area contributed by atoms with Crippen LogP contribution in [-0.4, -0.2) is 36.0 Å². The zero-order chi connectivity index (χ0) is 17.1. The average Bonchev–Trinajstić information content (AvgIpc) is 3.49. The van der Waals surface area contributed by atoms with Gasteiger partial charge in [-0.3, -0.25) is 4.79 Å². The van der Waals surface area contributed by atoms with Gasteiger partial charge < -0.3 is 10.6 Å². The highest BCUT2D eigenvalue weighted by atomic mass is 16.1. The fourth-order valence-electron chi connectivity index (χ4n) is 2.28. The Balaban J connectivity index is 1.65. The van der Waals surface area contributed by atoms with E-state index in [0.29, 0.717) is 23.1 Å². The summed E-state index contributed by atoms with van der Waals surface area (Å²) in [6, 6.07) is 1.65. The molecule has 124 valence electrons. The van der Waals surface area contributed by atoms with Crippen LogP contribution in [0.3, 0.4) is 0 Å². The third-order valence-electron chi connectivity index (χ3n) is 3.67. The molecule has 1 aliphatic rings. The van der Waals surface area contributed by atoms with Gasteiger partial charge in [-0.1, -0.05) is 0 Å². The van der Waals surface area contributed by atoms with Crippen LogP contribution < -0.4 is 10.6 Å². The van der Waals surface area contributed by atoms with Gasteiger partial charge in [0.2, 0.25) is 0 Å². The minimum atomic E-state index is -0.373. The standard InChI is InChI=1S/C16H14N8O/c25-16(23-11-3-4-20-21-7-11)14-15(22-12-5-17-9-18-6-12)19-8-13(24-14)10-1-2-10/h3-10H,1-2H2,(H,19,22)(H,20,23,25). The third kappa shape index (κ3) is 3.55. The minimum Gasteiger partial charge on any atom is -0.336 e. The van der Waals surface area contributed by atoms with Gasteiger partial charge in [-0.15, -0.1) is 0 Å². The van der Waals surface area contributed by atoms with E-state index in [1.165, 1.54) is 18.7 Å². The van der Waals surface area contributed by atoms with Crippen molar-refractivity contribution >= 4 is 23.1 Å². The van der Waals surface area contributed by atoms with E-state index in [9.17, 15) is 4.79 Å². The smallest absolute Gasteiger partial charge is 0.278 e. The normalized spacial score (nSPS) is 13.3. The maximum absolute atomic E-state index is 12.7. The van der Waals surface area contributed by atoms with Crippen LogP contribution >= 0.6 is 0 Å². The molecule has 0 aliphatic heterocycles. The van der Waals surface area contributed by atoms with Crippen molar-refractivity contribution in [1.29, 1.82) is 0 Å². The van der Waals surface area contributed by atoms with E-state index in [1.54, 1.807) is 24.7 Å². The van der Waals surface area contributed by atoms with Crippen LogP contribution in [0.2, 0.25) is 0 Å². The second kappa shape index (κ2) is 6.56. The molecular weight excluding hydrogens is 320 g/mol. The summed E-state index contributed by atoms with van der Waals surface area (Å²) in [7, 11) is 0. The van der Waals surface area contributed by atoms with Gasteiger partial charge in [-0.25, -0.2) is 19.9 Å². The minimum absolute atomic E-state index is 0.213. The van der Waals surface area contributed by atoms with Gasteiger partial charge in [0.1, 0.15) is 6.33 Å². The lowest BCUT2D eigenvalue weighted by molar-refractivity contribution is 0.102. The molecule has 3 aromatic rings. The molecule has 1 fully saturated rings. The molecule has 0 radical (unpaired) electrons. The van der Waals surface area contributed by atoms with E-state index >= 15 is 0 Å². The number of hydrogen-bond acceptors (Lipinski definition) is 8. The molecule has 1 amide bonds. The van der Waals surface area contributed by atoms with E-state index in [2.05, 4.69) is 40.8 Å². The Morgan fingerprint density at radius 1 is 1.04 bits per heavy atom. The van der Waals surface area contributed by atoms with Crippen molar-refractivity contribution in [3.8, 4) is 0 Å². The Morgan fingerprint density at radius 2 is 1.88 bits per heavy atom. The molecule has 4 rings (SSSR count). The van der Waals surface area contributed by atoms with Gasteiger partial charge >= 0.3 is 0 Å². The van der Waals surface area contributed by atoms with Gasteiger partial charge in [0.15, 0.2) is 11.5 Å². The second-order valence-corrected chi connectivity index (χ2v) is 5.60. The first kappa shape index (κ1) is 15.1. The van der Waals surface area contributed by atoms with Crippen molar-refractivity contribution in [3.63, 3.8) is 0 Å². The summed E-state index contributed by atoms with van der Waals surface area (Å²) in [6.07, 6.45) is 11.4. The van der Waals surface area contributed by atoms with Gasteiger partial charge in [0, 0.05) is 5.92 Å². The van der Waals surface area contributed by atoms with Gasteiger partial charge in [0.25, 0.3) is 5.91 Å². The van der Waals surface area contributed by atoms with Crippen molar-refractivity contribution in [2.75, 3.05) is 10.6 Å². The van der Waals surface area contributed by atoms with Crippen LogP contribution in [0.25, 0.3) is 0 Å². The molecule has 3 aromatic heterocycles. The highest BCUT2D eigenvalue weighted by Crippen LogP contribution is 2.39. The van der Waals surface area contributed by atoms with Crippen LogP contribution in [0.15, 0.2) is 43.4 Å². The SMILES string of the molecule is O=C(Nc1ccnnc1)c1nc(C2CC2)cnc1Nc1cncnc1. The molecule has 2 N–H and O–H groups in total. The lowest BCUT2D eigenvalue weighted by Crippen LogP contribution is -2.18. The quantitative estimate of drug-likeness (QED) is 0.726. The Bertz CT molecular complexity index is 883. The van der Waals surface area contributed by atoms with Crippen LogP contribution in [0, 0.1) is 0 Å². The molecule has 0 spiro atoms. The molecule has 0 unspecified atom stereocenters. The third-order valence-corrected chi connectivity index (χ3v) is 3.67. The topological polar surface area (TPSA) is 118 Å². The van der Waals surface area contributed by atoms with Crippen molar-refractivity contribution in [1.82, 2.24) is 30.1 Å². The number of anilines is 3. The Hall–Kier alpha value is -3.49. The molecule has 0 aromatic carbocycles. The predicted molar refractivity (Wildman–Crippen MR) is 89.3 cm³/mol. The molecule has 1 aliphatic carbocycles. The Kier molecular flexibility index (Phi) is 3.95. The van der Waals surface area contributed by atoms with Crippen LogP contribution in [0.4, 0.5) is 17.2 Å². The number of nitrogens with zero attached hydrogens (tertiary/aromatic N) is 6. The summed E-state index contributed by atoms with van der Waals surface area (Å²) in [4.78, 5) is 29.5. The number of amides is 1. The van der Waals surface area contributed by atoms with E-state index in [-0.39, 0.29) is 11.6 Å². The number of hydrogen-bond donors (Lipinski definition) is 2. The number of carbonyl (C=O) groups excluding carboxylic acids is 1. The Morgan fingerprint density at radius 3 is 2.60 bits per heavy atom. The van der Waals surface area contributed by atoms with Crippen molar-refractivity contribution in [2.45, 2.75) is 18.8 Å². The van der Waals surface area contributed by atoms with Crippen LogP contribution in [-0.2, 0) is 0 Å². The highest BCUT2D eigenvalue weighted by molar-refractivity contribution is 6.06. The maximum Gasteiger partial charge on any atom is 0.278 e. The van der Waals surface area contributed by atoms with Gasteiger partial charge in [-0.05, 0) is 18.9 Å². The average molecular weight is 334 g/mol. The fraction of sp³-hybridized carbons (Fsp3) is 0.188. The van der Waals surface area contributed by atoms with Crippen LogP contribution in [0.5, 0.6) is 0 Å². The first-order valence-corrected chi connectivity index (χ1v) is 7.76. The van der Waals surface area contributed by atoms with Crippen molar-refractivity contribution < 1.29 is 4.79 Å². The van der Waals surface area contributed by atoms with Crippen molar-refractivity contribution in [2.24, 2.45) is 0 Å². The van der Waals surface area contributed by atoms with Gasteiger partial charge in [-0.2, -0.15) is 10.2 Å². The zero-order valence-electron chi connectivity index (χ0n) is 13.1. The van der Waals surface area contributed by atoms with E-state index in [0.717, 1.165) is 18.5 Å². The number of rotatable bonds is 5. The summed E-state index contributed by atoms with van der Waals surface area (Å²) in [5, 5.41) is 13.2. The second-order valence-electron chi connectivity index (χ2n) is 5.60. The number of nitrogens with one attached hydrogen (secondary N) is 2. The van der Waals surface area contributed by atoms with E-state index < -0.39 is 0 Å². The van der Waals surface area contributed by atoms with Crippen molar-refractivity contribution in [3.05, 3.63) is 54.8 Å². The molecule has 0 bridgehead atoms. The Labute approximate surface area is 143 Å². The molecule has 3 heterocycles. The van der Waals surface area contributed by atoms with Crippen LogP contribution in [0.1, 0.15) is 34.9 Å². The summed E-state index contributed by atoms with van der Waals surface area (Å²) in [5.41, 5.74) is 2.20. The first-order chi connectivity index (χ1) is 12.3. The zero-order valence-corrected chi connectivity index (χ0v) is 13.1. The molecular formula is C16H14N8O. The van der Waals surface area contributed by atoms with E-state index in [1.807, 2.05) is 0 Å².